The number of morpholine rings is 1. The van der Waals surface area contributed by atoms with Crippen LogP contribution in [-0.2, 0) is 29.2 Å². The summed E-state index contributed by atoms with van der Waals surface area (Å²) < 4.78 is 10.9. The summed E-state index contributed by atoms with van der Waals surface area (Å²) in [4.78, 5) is 21.9. The third-order valence-corrected chi connectivity index (χ3v) is 7.10. The standard InChI is InChI=1S/C27H32ClN5O3/c28-24-3-1-2-23(16-24)26-30-25(36-31-26)19-32-10-8-22(9-11-32)27(34)29-17-20-4-6-21(7-5-20)18-33-12-14-35-15-13-33/h1-7,16,22H,8-15,17-19H2,(H,29,34). The van der Waals surface area contributed by atoms with Gasteiger partial charge in [-0.25, -0.2) is 0 Å². The van der Waals surface area contributed by atoms with E-state index >= 15 is 0 Å². The number of ether oxygens (including phenoxy) is 1. The van der Waals surface area contributed by atoms with Gasteiger partial charge in [0.15, 0.2) is 0 Å². The third-order valence-electron chi connectivity index (χ3n) is 6.87. The lowest BCUT2D eigenvalue weighted by Crippen LogP contribution is -2.40. The summed E-state index contributed by atoms with van der Waals surface area (Å²) in [6, 6.07) is 15.9. The second kappa shape index (κ2) is 12.0. The van der Waals surface area contributed by atoms with E-state index in [2.05, 4.69) is 49.5 Å². The van der Waals surface area contributed by atoms with Gasteiger partial charge in [-0.2, -0.15) is 4.98 Å². The number of nitrogens with zero attached hydrogens (tertiary/aromatic N) is 4. The van der Waals surface area contributed by atoms with Gasteiger partial charge in [-0.3, -0.25) is 14.6 Å². The number of aromatic nitrogens is 2. The average Bonchev–Trinajstić information content (AvgIpc) is 3.38. The summed E-state index contributed by atoms with van der Waals surface area (Å²) in [7, 11) is 0. The van der Waals surface area contributed by atoms with E-state index in [4.69, 9.17) is 20.9 Å². The Kier molecular flexibility index (Phi) is 8.28. The topological polar surface area (TPSA) is 83.7 Å². The van der Waals surface area contributed by atoms with Gasteiger partial charge < -0.3 is 14.6 Å². The molecule has 0 unspecified atom stereocenters. The van der Waals surface area contributed by atoms with E-state index in [9.17, 15) is 4.79 Å². The van der Waals surface area contributed by atoms with E-state index < -0.39 is 0 Å². The van der Waals surface area contributed by atoms with E-state index in [0.29, 0.717) is 29.8 Å². The molecule has 0 bridgehead atoms. The van der Waals surface area contributed by atoms with Gasteiger partial charge in [-0.1, -0.05) is 53.2 Å². The number of piperidine rings is 1. The summed E-state index contributed by atoms with van der Waals surface area (Å²) in [6.07, 6.45) is 1.64. The Morgan fingerprint density at radius 3 is 2.44 bits per heavy atom. The smallest absolute Gasteiger partial charge is 0.241 e. The Balaban J connectivity index is 1.04. The molecule has 0 radical (unpaired) electrons. The van der Waals surface area contributed by atoms with Crippen LogP contribution in [0.4, 0.5) is 0 Å². The number of rotatable bonds is 8. The predicted octanol–water partition coefficient (Wildman–Crippen LogP) is 3.75. The molecule has 0 atom stereocenters. The quantitative estimate of drug-likeness (QED) is 0.495. The highest BCUT2D eigenvalue weighted by atomic mass is 35.5. The zero-order valence-corrected chi connectivity index (χ0v) is 21.1. The number of likely N-dealkylation sites (tertiary alicyclic amines) is 1. The number of hydrogen-bond acceptors (Lipinski definition) is 7. The van der Waals surface area contributed by atoms with E-state index in [1.165, 1.54) is 5.56 Å². The van der Waals surface area contributed by atoms with Crippen molar-refractivity contribution in [2.75, 3.05) is 39.4 Å². The van der Waals surface area contributed by atoms with Gasteiger partial charge in [-0.05, 0) is 49.2 Å². The van der Waals surface area contributed by atoms with Crippen molar-refractivity contribution in [2.24, 2.45) is 5.92 Å². The summed E-state index contributed by atoms with van der Waals surface area (Å²) in [5, 5.41) is 7.84. The van der Waals surface area contributed by atoms with Crippen LogP contribution in [0.1, 0.15) is 29.9 Å². The first kappa shape index (κ1) is 24.9. The minimum Gasteiger partial charge on any atom is -0.379 e. The fourth-order valence-electron chi connectivity index (χ4n) is 4.72. The molecule has 2 aliphatic rings. The highest BCUT2D eigenvalue weighted by Gasteiger charge is 2.26. The molecule has 1 aromatic heterocycles. The molecule has 1 N–H and O–H groups in total. The summed E-state index contributed by atoms with van der Waals surface area (Å²) in [5.74, 6) is 1.28. The number of benzene rings is 2. The van der Waals surface area contributed by atoms with Crippen LogP contribution in [0, 0.1) is 5.92 Å². The Hall–Kier alpha value is -2.78. The molecule has 190 valence electrons. The Bertz CT molecular complexity index is 1140. The van der Waals surface area contributed by atoms with Crippen molar-refractivity contribution in [3.63, 3.8) is 0 Å². The molecule has 3 heterocycles. The first-order chi connectivity index (χ1) is 17.6. The van der Waals surface area contributed by atoms with Crippen LogP contribution in [0.2, 0.25) is 5.02 Å². The van der Waals surface area contributed by atoms with E-state index in [0.717, 1.165) is 69.9 Å². The number of amides is 1. The Labute approximate surface area is 216 Å². The van der Waals surface area contributed by atoms with Gasteiger partial charge in [0.05, 0.1) is 19.8 Å². The monoisotopic (exact) mass is 509 g/mol. The molecule has 8 nitrogen and oxygen atoms in total. The number of halogens is 1. The molecule has 3 aromatic rings. The number of carbonyl (C=O) groups excluding carboxylic acids is 1. The molecule has 36 heavy (non-hydrogen) atoms. The highest BCUT2D eigenvalue weighted by Crippen LogP contribution is 2.22. The second-order valence-electron chi connectivity index (χ2n) is 9.50. The maximum Gasteiger partial charge on any atom is 0.241 e. The van der Waals surface area contributed by atoms with Crippen molar-refractivity contribution in [3.05, 3.63) is 70.6 Å². The third kappa shape index (κ3) is 6.70. The lowest BCUT2D eigenvalue weighted by atomic mass is 9.96. The molecule has 2 fully saturated rings. The van der Waals surface area contributed by atoms with Gasteiger partial charge in [-0.15, -0.1) is 0 Å². The Morgan fingerprint density at radius 1 is 0.972 bits per heavy atom. The first-order valence-electron chi connectivity index (χ1n) is 12.6. The molecule has 5 rings (SSSR count). The highest BCUT2D eigenvalue weighted by molar-refractivity contribution is 6.30. The van der Waals surface area contributed by atoms with Gasteiger partial charge in [0, 0.05) is 42.7 Å². The zero-order valence-electron chi connectivity index (χ0n) is 20.4. The number of nitrogens with one attached hydrogen (secondary N) is 1. The SMILES string of the molecule is O=C(NCc1ccc(CN2CCOCC2)cc1)C1CCN(Cc2nc(-c3cccc(Cl)c3)no2)CC1. The summed E-state index contributed by atoms with van der Waals surface area (Å²) >= 11 is 6.06. The minimum atomic E-state index is 0.0338. The molecule has 0 saturated carbocycles. The van der Waals surface area contributed by atoms with Crippen LogP contribution in [-0.4, -0.2) is 65.2 Å². The molecular weight excluding hydrogens is 478 g/mol. The van der Waals surface area contributed by atoms with Crippen LogP contribution in [0.25, 0.3) is 11.4 Å². The molecule has 2 aromatic carbocycles. The van der Waals surface area contributed by atoms with Crippen LogP contribution in [0.3, 0.4) is 0 Å². The van der Waals surface area contributed by atoms with Crippen molar-refractivity contribution in [1.29, 1.82) is 0 Å². The van der Waals surface area contributed by atoms with Gasteiger partial charge in [0.2, 0.25) is 17.6 Å². The molecule has 1 amide bonds. The number of hydrogen-bond donors (Lipinski definition) is 1. The molecule has 0 aliphatic carbocycles. The largest absolute Gasteiger partial charge is 0.379 e. The number of carbonyl (C=O) groups is 1. The second-order valence-corrected chi connectivity index (χ2v) is 9.93. The zero-order chi connectivity index (χ0) is 24.7. The normalized spacial score (nSPS) is 17.8. The van der Waals surface area contributed by atoms with Crippen molar-refractivity contribution in [2.45, 2.75) is 32.5 Å². The minimum absolute atomic E-state index is 0.0338. The van der Waals surface area contributed by atoms with Crippen LogP contribution in [0.15, 0.2) is 53.1 Å². The van der Waals surface area contributed by atoms with Crippen molar-refractivity contribution in [1.82, 2.24) is 25.3 Å². The molecule has 0 spiro atoms. The van der Waals surface area contributed by atoms with E-state index in [1.807, 2.05) is 24.3 Å². The van der Waals surface area contributed by atoms with Crippen LogP contribution in [0.5, 0.6) is 0 Å². The summed E-state index contributed by atoms with van der Waals surface area (Å²) in [6.45, 7) is 7.32. The maximum atomic E-state index is 12.8. The van der Waals surface area contributed by atoms with Crippen molar-refractivity contribution < 1.29 is 14.1 Å². The summed E-state index contributed by atoms with van der Waals surface area (Å²) in [5.41, 5.74) is 3.25. The molecule has 9 heteroatoms. The van der Waals surface area contributed by atoms with Crippen molar-refractivity contribution in [3.8, 4) is 11.4 Å². The lowest BCUT2D eigenvalue weighted by molar-refractivity contribution is -0.126. The predicted molar refractivity (Wildman–Crippen MR) is 137 cm³/mol. The lowest BCUT2D eigenvalue weighted by Gasteiger charge is -2.30. The van der Waals surface area contributed by atoms with Gasteiger partial charge >= 0.3 is 0 Å². The van der Waals surface area contributed by atoms with Gasteiger partial charge in [0.1, 0.15) is 0 Å². The van der Waals surface area contributed by atoms with Gasteiger partial charge in [0.25, 0.3) is 0 Å². The average molecular weight is 510 g/mol. The fraction of sp³-hybridized carbons (Fsp3) is 0.444. The first-order valence-corrected chi connectivity index (χ1v) is 13.0. The Morgan fingerprint density at radius 2 is 1.69 bits per heavy atom. The fourth-order valence-corrected chi connectivity index (χ4v) is 4.91. The maximum absolute atomic E-state index is 12.8. The van der Waals surface area contributed by atoms with Crippen LogP contribution < -0.4 is 5.32 Å². The molecule has 2 saturated heterocycles. The molecular formula is C27H32ClN5O3. The van der Waals surface area contributed by atoms with Crippen molar-refractivity contribution >= 4 is 17.5 Å². The van der Waals surface area contributed by atoms with Crippen LogP contribution >= 0.6 is 11.6 Å². The van der Waals surface area contributed by atoms with E-state index in [-0.39, 0.29) is 11.8 Å². The molecule has 2 aliphatic heterocycles. The van der Waals surface area contributed by atoms with E-state index in [1.54, 1.807) is 0 Å².